The van der Waals surface area contributed by atoms with Crippen LogP contribution < -0.4 is 0 Å². The zero-order valence-corrected chi connectivity index (χ0v) is 15.4. The Kier molecular flexibility index (Phi) is 5.10. The van der Waals surface area contributed by atoms with Crippen molar-refractivity contribution in [2.75, 3.05) is 0 Å². The molecule has 0 aliphatic rings. The van der Waals surface area contributed by atoms with E-state index in [0.29, 0.717) is 25.1 Å². The lowest BCUT2D eigenvalue weighted by Crippen LogP contribution is -1.82. The molecule has 3 rings (SSSR count). The molecule has 0 radical (unpaired) electrons. The fourth-order valence-electron chi connectivity index (χ4n) is 2.25. The van der Waals surface area contributed by atoms with Crippen molar-refractivity contribution in [1.82, 2.24) is 0 Å². The van der Waals surface area contributed by atoms with E-state index >= 15 is 0 Å². The summed E-state index contributed by atoms with van der Waals surface area (Å²) in [6.07, 6.45) is 0. The molecule has 0 nitrogen and oxygen atoms in total. The maximum atomic E-state index is 6.08. The molecule has 0 unspecified atom stereocenters. The van der Waals surface area contributed by atoms with Crippen LogP contribution in [0.15, 0.2) is 54.6 Å². The first-order chi connectivity index (χ1) is 11.0. The Morgan fingerprint density at radius 3 is 1.35 bits per heavy atom. The average molecular weight is 403 g/mol. The van der Waals surface area contributed by atoms with Crippen LogP contribution in [0.25, 0.3) is 22.3 Å². The Bertz CT molecular complexity index is 846. The van der Waals surface area contributed by atoms with Gasteiger partial charge in [-0.15, -0.1) is 0 Å². The molecule has 0 saturated carbocycles. The second kappa shape index (κ2) is 6.93. The molecule has 0 saturated heterocycles. The Labute approximate surface area is 159 Å². The zero-order valence-electron chi connectivity index (χ0n) is 11.6. The highest BCUT2D eigenvalue weighted by Gasteiger charge is 2.08. The zero-order chi connectivity index (χ0) is 16.6. The second-order valence-corrected chi connectivity index (χ2v) is 6.97. The lowest BCUT2D eigenvalue weighted by Gasteiger charge is -2.08. The van der Waals surface area contributed by atoms with Gasteiger partial charge in [0.05, 0.1) is 25.1 Å². The minimum Gasteiger partial charge on any atom is -0.0827 e. The van der Waals surface area contributed by atoms with E-state index in [1.807, 2.05) is 36.4 Å². The predicted octanol–water partition coefficient (Wildman–Crippen LogP) is 8.29. The van der Waals surface area contributed by atoms with Crippen LogP contribution in [-0.2, 0) is 0 Å². The molecule has 0 fully saturated rings. The SMILES string of the molecule is Clc1ccc(-c2ccc(-c3cc(Cl)c(Cl)c(Cl)c3)cc2)cc1Cl. The van der Waals surface area contributed by atoms with Crippen LogP contribution in [0.3, 0.4) is 0 Å². The summed E-state index contributed by atoms with van der Waals surface area (Å²) in [7, 11) is 0. The minimum absolute atomic E-state index is 0.365. The highest BCUT2D eigenvalue weighted by molar-refractivity contribution is 6.48. The van der Waals surface area contributed by atoms with Crippen molar-refractivity contribution < 1.29 is 0 Å². The summed E-state index contributed by atoms with van der Waals surface area (Å²) >= 11 is 30.2. The Morgan fingerprint density at radius 1 is 0.391 bits per heavy atom. The Hall–Kier alpha value is -0.890. The van der Waals surface area contributed by atoms with E-state index in [1.54, 1.807) is 18.2 Å². The highest BCUT2D eigenvalue weighted by Crippen LogP contribution is 2.36. The summed E-state index contributed by atoms with van der Waals surface area (Å²) in [5, 5.41) is 2.30. The van der Waals surface area contributed by atoms with E-state index in [2.05, 4.69) is 0 Å². The summed E-state index contributed by atoms with van der Waals surface area (Å²) in [5.74, 6) is 0. The molecule has 0 bridgehead atoms. The maximum Gasteiger partial charge on any atom is 0.0778 e. The van der Waals surface area contributed by atoms with Gasteiger partial charge in [-0.05, 0) is 46.5 Å². The molecule has 0 N–H and O–H groups in total. The second-order valence-electron chi connectivity index (χ2n) is 4.96. The van der Waals surface area contributed by atoms with Crippen molar-refractivity contribution in [3.8, 4) is 22.3 Å². The van der Waals surface area contributed by atoms with E-state index < -0.39 is 0 Å². The van der Waals surface area contributed by atoms with E-state index in [-0.39, 0.29) is 0 Å². The number of hydrogen-bond donors (Lipinski definition) is 0. The lowest BCUT2D eigenvalue weighted by atomic mass is 10.0. The Morgan fingerprint density at radius 2 is 0.826 bits per heavy atom. The van der Waals surface area contributed by atoms with Crippen molar-refractivity contribution >= 4 is 58.0 Å². The van der Waals surface area contributed by atoms with Crippen molar-refractivity contribution in [3.05, 3.63) is 79.7 Å². The minimum atomic E-state index is 0.365. The van der Waals surface area contributed by atoms with Gasteiger partial charge in [0.25, 0.3) is 0 Å². The van der Waals surface area contributed by atoms with E-state index in [0.717, 1.165) is 22.3 Å². The monoisotopic (exact) mass is 400 g/mol. The highest BCUT2D eigenvalue weighted by atomic mass is 35.5. The number of benzene rings is 3. The first-order valence-corrected chi connectivity index (χ1v) is 8.55. The summed E-state index contributed by atoms with van der Waals surface area (Å²) in [6, 6.07) is 17.1. The summed E-state index contributed by atoms with van der Waals surface area (Å²) in [4.78, 5) is 0. The van der Waals surface area contributed by atoms with E-state index in [4.69, 9.17) is 58.0 Å². The van der Waals surface area contributed by atoms with Gasteiger partial charge in [0.1, 0.15) is 0 Å². The van der Waals surface area contributed by atoms with Gasteiger partial charge in [-0.3, -0.25) is 0 Å². The van der Waals surface area contributed by atoms with Crippen LogP contribution in [0, 0.1) is 0 Å². The molecule has 5 heteroatoms. The van der Waals surface area contributed by atoms with Crippen LogP contribution in [-0.4, -0.2) is 0 Å². The molecule has 0 aromatic heterocycles. The first kappa shape index (κ1) is 17.0. The average Bonchev–Trinajstić information content (AvgIpc) is 2.55. The molecule has 0 aliphatic carbocycles. The van der Waals surface area contributed by atoms with E-state index in [1.165, 1.54) is 0 Å². The van der Waals surface area contributed by atoms with Gasteiger partial charge in [-0.1, -0.05) is 88.3 Å². The molecule has 0 aliphatic heterocycles. The molecule has 3 aromatic rings. The van der Waals surface area contributed by atoms with Crippen LogP contribution >= 0.6 is 58.0 Å². The standard InChI is InChI=1S/C18H9Cl5/c19-14-6-5-12(7-15(14)20)10-1-3-11(4-2-10)13-8-16(21)18(23)17(22)9-13/h1-9H. The molecule has 0 heterocycles. The molecule has 3 aromatic carbocycles. The Balaban J connectivity index is 1.97. The van der Waals surface area contributed by atoms with E-state index in [9.17, 15) is 0 Å². The molecule has 0 atom stereocenters. The normalized spacial score (nSPS) is 10.8. The molecular formula is C18H9Cl5. The summed E-state index contributed by atoms with van der Waals surface area (Å²) in [6.45, 7) is 0. The number of hydrogen-bond acceptors (Lipinski definition) is 0. The number of rotatable bonds is 2. The van der Waals surface area contributed by atoms with Crippen molar-refractivity contribution in [3.63, 3.8) is 0 Å². The number of halogens is 5. The van der Waals surface area contributed by atoms with Gasteiger partial charge in [0.2, 0.25) is 0 Å². The first-order valence-electron chi connectivity index (χ1n) is 6.66. The quantitative estimate of drug-likeness (QED) is 0.378. The third kappa shape index (κ3) is 3.63. The smallest absolute Gasteiger partial charge is 0.0778 e. The largest absolute Gasteiger partial charge is 0.0827 e. The molecule has 23 heavy (non-hydrogen) atoms. The fraction of sp³-hybridized carbons (Fsp3) is 0. The topological polar surface area (TPSA) is 0 Å². The van der Waals surface area contributed by atoms with Crippen molar-refractivity contribution in [2.24, 2.45) is 0 Å². The van der Waals surface area contributed by atoms with Crippen LogP contribution in [0.4, 0.5) is 0 Å². The molecule has 0 amide bonds. The van der Waals surface area contributed by atoms with Crippen LogP contribution in [0.2, 0.25) is 25.1 Å². The molecule has 0 spiro atoms. The third-order valence-corrected chi connectivity index (χ3v) is 5.39. The van der Waals surface area contributed by atoms with Gasteiger partial charge >= 0.3 is 0 Å². The fourth-order valence-corrected chi connectivity index (χ4v) is 3.15. The predicted molar refractivity (Wildman–Crippen MR) is 102 cm³/mol. The summed E-state index contributed by atoms with van der Waals surface area (Å²) < 4.78 is 0. The van der Waals surface area contributed by atoms with Crippen molar-refractivity contribution in [2.45, 2.75) is 0 Å². The third-order valence-electron chi connectivity index (χ3n) is 3.45. The van der Waals surface area contributed by atoms with Crippen LogP contribution in [0.1, 0.15) is 0 Å². The van der Waals surface area contributed by atoms with Gasteiger partial charge in [-0.2, -0.15) is 0 Å². The lowest BCUT2D eigenvalue weighted by molar-refractivity contribution is 1.59. The van der Waals surface area contributed by atoms with Gasteiger partial charge in [-0.25, -0.2) is 0 Å². The van der Waals surface area contributed by atoms with Crippen molar-refractivity contribution in [1.29, 1.82) is 0 Å². The summed E-state index contributed by atoms with van der Waals surface area (Å²) in [5.41, 5.74) is 3.94. The maximum absolute atomic E-state index is 6.08. The molecular weight excluding hydrogens is 393 g/mol. The van der Waals surface area contributed by atoms with Crippen LogP contribution in [0.5, 0.6) is 0 Å². The van der Waals surface area contributed by atoms with Gasteiger partial charge in [0.15, 0.2) is 0 Å². The van der Waals surface area contributed by atoms with Gasteiger partial charge < -0.3 is 0 Å². The van der Waals surface area contributed by atoms with Gasteiger partial charge in [0, 0.05) is 0 Å². The molecule has 116 valence electrons.